The maximum Gasteiger partial charge on any atom is 0.327 e. The quantitative estimate of drug-likeness (QED) is 0.711. The molecule has 0 fully saturated rings. The molecule has 0 spiro atoms. The zero-order valence-corrected chi connectivity index (χ0v) is 10.3. The van der Waals surface area contributed by atoms with Crippen molar-refractivity contribution in [3.8, 4) is 11.1 Å². The van der Waals surface area contributed by atoms with Crippen LogP contribution in [0.15, 0.2) is 35.4 Å². The first-order valence-electron chi connectivity index (χ1n) is 5.80. The Bertz CT molecular complexity index is 804. The number of nitrogens with zero attached hydrogens (tertiary/aromatic N) is 3. The molecule has 6 heteroatoms. The SMILES string of the molecule is Cn1c(=O)[nH]c2c(-c3ccnc(CO)c3)ccnc21. The Kier molecular flexibility index (Phi) is 2.64. The van der Waals surface area contributed by atoms with Crippen LogP contribution in [0, 0.1) is 0 Å². The predicted molar refractivity (Wildman–Crippen MR) is 70.5 cm³/mol. The highest BCUT2D eigenvalue weighted by atomic mass is 16.3. The lowest BCUT2D eigenvalue weighted by Crippen LogP contribution is -2.12. The molecule has 96 valence electrons. The van der Waals surface area contributed by atoms with Crippen molar-refractivity contribution in [2.45, 2.75) is 6.61 Å². The number of rotatable bonds is 2. The maximum absolute atomic E-state index is 11.7. The summed E-state index contributed by atoms with van der Waals surface area (Å²) in [6.45, 7) is -0.118. The number of fused-ring (bicyclic) bond motifs is 1. The number of aromatic amines is 1. The number of hydrogen-bond donors (Lipinski definition) is 2. The van der Waals surface area contributed by atoms with Crippen molar-refractivity contribution in [1.29, 1.82) is 0 Å². The van der Waals surface area contributed by atoms with Crippen molar-refractivity contribution in [3.05, 3.63) is 46.8 Å². The van der Waals surface area contributed by atoms with Crippen LogP contribution in [-0.2, 0) is 13.7 Å². The fourth-order valence-electron chi connectivity index (χ4n) is 2.09. The smallest absolute Gasteiger partial charge is 0.327 e. The topological polar surface area (TPSA) is 83.8 Å². The minimum Gasteiger partial charge on any atom is -0.390 e. The third kappa shape index (κ3) is 1.82. The number of H-pyrrole nitrogens is 1. The van der Waals surface area contributed by atoms with Crippen molar-refractivity contribution < 1.29 is 5.11 Å². The molecule has 0 aliphatic carbocycles. The minimum absolute atomic E-state index is 0.118. The van der Waals surface area contributed by atoms with E-state index in [1.165, 1.54) is 4.57 Å². The van der Waals surface area contributed by atoms with Gasteiger partial charge in [0.1, 0.15) is 0 Å². The van der Waals surface area contributed by atoms with Crippen molar-refractivity contribution >= 4 is 11.2 Å². The number of imidazole rings is 1. The Hall–Kier alpha value is -2.47. The van der Waals surface area contributed by atoms with Gasteiger partial charge in [-0.2, -0.15) is 0 Å². The summed E-state index contributed by atoms with van der Waals surface area (Å²) < 4.78 is 1.47. The lowest BCUT2D eigenvalue weighted by atomic mass is 10.1. The Balaban J connectivity index is 2.30. The van der Waals surface area contributed by atoms with Gasteiger partial charge in [-0.15, -0.1) is 0 Å². The van der Waals surface area contributed by atoms with E-state index in [0.29, 0.717) is 16.9 Å². The summed E-state index contributed by atoms with van der Waals surface area (Å²) in [7, 11) is 1.67. The molecule has 0 bridgehead atoms. The van der Waals surface area contributed by atoms with Crippen LogP contribution in [0.5, 0.6) is 0 Å². The second-order valence-corrected chi connectivity index (χ2v) is 4.24. The maximum atomic E-state index is 11.7. The van der Waals surface area contributed by atoms with Gasteiger partial charge in [-0.3, -0.25) is 9.55 Å². The van der Waals surface area contributed by atoms with Gasteiger partial charge in [-0.1, -0.05) is 0 Å². The number of nitrogens with one attached hydrogen (secondary N) is 1. The molecule has 0 aromatic carbocycles. The molecule has 6 nitrogen and oxygen atoms in total. The molecule has 2 N–H and O–H groups in total. The third-order valence-corrected chi connectivity index (χ3v) is 3.07. The van der Waals surface area contributed by atoms with E-state index in [2.05, 4.69) is 15.0 Å². The highest BCUT2D eigenvalue weighted by molar-refractivity contribution is 5.89. The molecule has 0 aliphatic heterocycles. The molecule has 19 heavy (non-hydrogen) atoms. The van der Waals surface area contributed by atoms with Gasteiger partial charge in [0.25, 0.3) is 0 Å². The monoisotopic (exact) mass is 256 g/mol. The summed E-state index contributed by atoms with van der Waals surface area (Å²) in [5, 5.41) is 9.13. The molecule has 3 heterocycles. The molecule has 0 amide bonds. The zero-order chi connectivity index (χ0) is 13.4. The number of aliphatic hydroxyl groups excluding tert-OH is 1. The average Bonchev–Trinajstić information content (AvgIpc) is 2.74. The number of aromatic nitrogens is 4. The van der Waals surface area contributed by atoms with E-state index in [0.717, 1.165) is 11.1 Å². The van der Waals surface area contributed by atoms with Crippen molar-refractivity contribution in [3.63, 3.8) is 0 Å². The number of aryl methyl sites for hydroxylation is 1. The fourth-order valence-corrected chi connectivity index (χ4v) is 2.09. The van der Waals surface area contributed by atoms with Gasteiger partial charge in [-0.05, 0) is 23.8 Å². The third-order valence-electron chi connectivity index (χ3n) is 3.07. The summed E-state index contributed by atoms with van der Waals surface area (Å²) in [6, 6.07) is 5.45. The van der Waals surface area contributed by atoms with Gasteiger partial charge in [0.15, 0.2) is 5.65 Å². The lowest BCUT2D eigenvalue weighted by Gasteiger charge is -2.04. The molecule has 3 aromatic rings. The number of aliphatic hydroxyl groups is 1. The van der Waals surface area contributed by atoms with Crippen LogP contribution in [0.1, 0.15) is 5.69 Å². The van der Waals surface area contributed by atoms with E-state index in [1.807, 2.05) is 12.1 Å². The highest BCUT2D eigenvalue weighted by Crippen LogP contribution is 2.25. The summed E-state index contributed by atoms with van der Waals surface area (Å²) in [5.41, 5.74) is 3.41. The molecule has 0 saturated heterocycles. The van der Waals surface area contributed by atoms with Crippen LogP contribution < -0.4 is 5.69 Å². The summed E-state index contributed by atoms with van der Waals surface area (Å²) in [6.07, 6.45) is 3.29. The van der Waals surface area contributed by atoms with E-state index in [-0.39, 0.29) is 12.3 Å². The molecule has 3 rings (SSSR count). The molecule has 3 aromatic heterocycles. The summed E-state index contributed by atoms with van der Waals surface area (Å²) in [5.74, 6) is 0. The predicted octanol–water partition coefficient (Wildman–Crippen LogP) is 0.816. The van der Waals surface area contributed by atoms with Crippen LogP contribution in [-0.4, -0.2) is 24.6 Å². The molecule has 0 saturated carbocycles. The highest BCUT2D eigenvalue weighted by Gasteiger charge is 2.10. The number of hydrogen-bond acceptors (Lipinski definition) is 4. The minimum atomic E-state index is -0.202. The second kappa shape index (κ2) is 4.33. The van der Waals surface area contributed by atoms with E-state index >= 15 is 0 Å². The van der Waals surface area contributed by atoms with Gasteiger partial charge in [-0.25, -0.2) is 9.78 Å². The summed E-state index contributed by atoms with van der Waals surface area (Å²) >= 11 is 0. The van der Waals surface area contributed by atoms with Crippen LogP contribution in [0.3, 0.4) is 0 Å². The van der Waals surface area contributed by atoms with Crippen molar-refractivity contribution in [2.24, 2.45) is 7.05 Å². The van der Waals surface area contributed by atoms with Crippen LogP contribution in [0.2, 0.25) is 0 Å². The Morgan fingerprint density at radius 3 is 2.89 bits per heavy atom. The second-order valence-electron chi connectivity index (χ2n) is 4.24. The Morgan fingerprint density at radius 2 is 2.11 bits per heavy atom. The molecule has 0 radical (unpaired) electrons. The van der Waals surface area contributed by atoms with Crippen molar-refractivity contribution in [1.82, 2.24) is 19.5 Å². The van der Waals surface area contributed by atoms with Crippen LogP contribution >= 0.6 is 0 Å². The molecule has 0 unspecified atom stereocenters. The Morgan fingerprint density at radius 1 is 1.32 bits per heavy atom. The van der Waals surface area contributed by atoms with Gasteiger partial charge in [0.05, 0.1) is 17.8 Å². The van der Waals surface area contributed by atoms with Gasteiger partial charge in [0.2, 0.25) is 0 Å². The van der Waals surface area contributed by atoms with Gasteiger partial charge >= 0.3 is 5.69 Å². The molecule has 0 aliphatic rings. The molecular formula is C13H12N4O2. The fraction of sp³-hybridized carbons (Fsp3) is 0.154. The first-order valence-corrected chi connectivity index (χ1v) is 5.80. The Labute approximate surface area is 108 Å². The van der Waals surface area contributed by atoms with Gasteiger partial charge in [0, 0.05) is 25.0 Å². The largest absolute Gasteiger partial charge is 0.390 e. The van der Waals surface area contributed by atoms with Gasteiger partial charge < -0.3 is 10.1 Å². The van der Waals surface area contributed by atoms with E-state index < -0.39 is 0 Å². The van der Waals surface area contributed by atoms with E-state index in [4.69, 9.17) is 5.11 Å². The first-order chi connectivity index (χ1) is 9.20. The van der Waals surface area contributed by atoms with E-state index in [9.17, 15) is 4.79 Å². The van der Waals surface area contributed by atoms with Crippen molar-refractivity contribution in [2.75, 3.05) is 0 Å². The van der Waals surface area contributed by atoms with Crippen LogP contribution in [0.4, 0.5) is 0 Å². The normalized spacial score (nSPS) is 11.1. The molecule has 0 atom stereocenters. The summed E-state index contributed by atoms with van der Waals surface area (Å²) in [4.78, 5) is 22.7. The number of pyridine rings is 2. The van der Waals surface area contributed by atoms with E-state index in [1.54, 1.807) is 25.5 Å². The average molecular weight is 256 g/mol. The molecular weight excluding hydrogens is 244 g/mol. The lowest BCUT2D eigenvalue weighted by molar-refractivity contribution is 0.277. The zero-order valence-electron chi connectivity index (χ0n) is 10.3. The first kappa shape index (κ1) is 11.6. The standard InChI is InChI=1S/C13H12N4O2/c1-17-12-11(16-13(17)19)10(3-5-15-12)8-2-4-14-9(6-8)7-18/h2-6,18H,7H2,1H3,(H,16,19). The van der Waals surface area contributed by atoms with Crippen LogP contribution in [0.25, 0.3) is 22.3 Å².